The third kappa shape index (κ3) is 3.92. The molecule has 0 spiro atoms. The van der Waals surface area contributed by atoms with Crippen molar-refractivity contribution in [3.8, 4) is 11.5 Å². The summed E-state index contributed by atoms with van der Waals surface area (Å²) in [6, 6.07) is 7.80. The van der Waals surface area contributed by atoms with Crippen LogP contribution in [0.15, 0.2) is 30.3 Å². The number of nitrogen functional groups attached to an aromatic ring is 2. The third-order valence-electron chi connectivity index (χ3n) is 5.31. The van der Waals surface area contributed by atoms with Crippen molar-refractivity contribution in [2.45, 2.75) is 51.4 Å². The zero-order valence-corrected chi connectivity index (χ0v) is 15.1. The molecule has 0 heterocycles. The fourth-order valence-corrected chi connectivity index (χ4v) is 3.89. The van der Waals surface area contributed by atoms with E-state index in [2.05, 4.69) is 6.92 Å². The van der Waals surface area contributed by atoms with E-state index in [-0.39, 0.29) is 23.1 Å². The predicted molar refractivity (Wildman–Crippen MR) is 101 cm³/mol. The van der Waals surface area contributed by atoms with Crippen LogP contribution >= 0.6 is 0 Å². The van der Waals surface area contributed by atoms with Crippen molar-refractivity contribution in [3.63, 3.8) is 0 Å². The fourth-order valence-electron chi connectivity index (χ4n) is 3.89. The summed E-state index contributed by atoms with van der Waals surface area (Å²) in [5, 5.41) is 0. The largest absolute Gasteiger partial charge is 0.452 e. The average molecular weight is 360 g/mol. The molecule has 140 valence electrons. The number of anilines is 2. The van der Waals surface area contributed by atoms with Crippen LogP contribution in [0, 0.1) is 17.6 Å². The Labute approximate surface area is 153 Å². The molecule has 1 fully saturated rings. The van der Waals surface area contributed by atoms with E-state index in [1.165, 1.54) is 25.0 Å². The van der Waals surface area contributed by atoms with Crippen LogP contribution in [0.1, 0.15) is 56.9 Å². The van der Waals surface area contributed by atoms with Crippen molar-refractivity contribution in [1.29, 1.82) is 0 Å². The number of rotatable bonds is 5. The van der Waals surface area contributed by atoms with Gasteiger partial charge in [0.15, 0.2) is 17.3 Å². The van der Waals surface area contributed by atoms with E-state index in [0.29, 0.717) is 11.3 Å². The van der Waals surface area contributed by atoms with Gasteiger partial charge < -0.3 is 16.2 Å². The van der Waals surface area contributed by atoms with E-state index in [9.17, 15) is 8.78 Å². The molecule has 0 atom stereocenters. The van der Waals surface area contributed by atoms with Crippen molar-refractivity contribution in [2.24, 2.45) is 5.92 Å². The number of halogens is 2. The molecule has 0 bridgehead atoms. The first-order valence-corrected chi connectivity index (χ1v) is 9.30. The molecule has 4 N–H and O–H groups in total. The summed E-state index contributed by atoms with van der Waals surface area (Å²) in [6.45, 7) is 2.19. The predicted octanol–water partition coefficient (Wildman–Crippen LogP) is 6.00. The zero-order chi connectivity index (χ0) is 18.7. The number of ether oxygens (including phenoxy) is 1. The molecule has 0 radical (unpaired) electrons. The molecule has 2 aromatic rings. The number of hydrogen-bond acceptors (Lipinski definition) is 3. The van der Waals surface area contributed by atoms with Crippen LogP contribution in [0.25, 0.3) is 0 Å². The van der Waals surface area contributed by atoms with Crippen LogP contribution in [-0.2, 0) is 0 Å². The van der Waals surface area contributed by atoms with Crippen LogP contribution in [0.4, 0.5) is 20.2 Å². The Balaban J connectivity index is 1.76. The highest BCUT2D eigenvalue weighted by molar-refractivity contribution is 5.61. The Morgan fingerprint density at radius 1 is 0.962 bits per heavy atom. The van der Waals surface area contributed by atoms with E-state index >= 15 is 0 Å². The third-order valence-corrected chi connectivity index (χ3v) is 5.31. The van der Waals surface area contributed by atoms with E-state index in [1.807, 2.05) is 0 Å². The highest BCUT2D eigenvalue weighted by Gasteiger charge is 2.26. The molecule has 0 aromatic heterocycles. The van der Waals surface area contributed by atoms with Gasteiger partial charge in [0.2, 0.25) is 5.82 Å². The van der Waals surface area contributed by atoms with Gasteiger partial charge in [-0.3, -0.25) is 0 Å². The van der Waals surface area contributed by atoms with Crippen molar-refractivity contribution < 1.29 is 13.5 Å². The Hall–Kier alpha value is -2.30. The standard InChI is InChI=1S/C21H26F2N2O/c1-2-3-13-4-6-14(7-5-13)16-9-11-19(21(23)20(16)22)26-18-10-8-15(24)12-17(18)25/h8-14H,2-7,24-25H2,1H3. The van der Waals surface area contributed by atoms with Gasteiger partial charge in [-0.05, 0) is 67.3 Å². The molecule has 5 heteroatoms. The lowest BCUT2D eigenvalue weighted by molar-refractivity contribution is 0.302. The average Bonchev–Trinajstić information content (AvgIpc) is 2.62. The van der Waals surface area contributed by atoms with Gasteiger partial charge >= 0.3 is 0 Å². The number of benzene rings is 2. The van der Waals surface area contributed by atoms with Gasteiger partial charge in [0.25, 0.3) is 0 Å². The second kappa shape index (κ2) is 7.94. The molecular weight excluding hydrogens is 334 g/mol. The molecule has 1 aliphatic carbocycles. The minimum Gasteiger partial charge on any atom is -0.452 e. The second-order valence-corrected chi connectivity index (χ2v) is 7.19. The Bertz CT molecular complexity index is 771. The summed E-state index contributed by atoms with van der Waals surface area (Å²) in [7, 11) is 0. The Morgan fingerprint density at radius 2 is 1.65 bits per heavy atom. The topological polar surface area (TPSA) is 61.3 Å². The molecule has 26 heavy (non-hydrogen) atoms. The lowest BCUT2D eigenvalue weighted by Crippen LogP contribution is -2.14. The normalized spacial score (nSPS) is 20.1. The number of hydrogen-bond donors (Lipinski definition) is 2. The molecule has 1 saturated carbocycles. The maximum atomic E-state index is 14.7. The lowest BCUT2D eigenvalue weighted by Gasteiger charge is -2.29. The van der Waals surface area contributed by atoms with Gasteiger partial charge in [-0.1, -0.05) is 25.8 Å². The van der Waals surface area contributed by atoms with E-state index < -0.39 is 11.6 Å². The van der Waals surface area contributed by atoms with Gasteiger partial charge in [-0.15, -0.1) is 0 Å². The van der Waals surface area contributed by atoms with Crippen molar-refractivity contribution in [3.05, 3.63) is 47.5 Å². The first kappa shape index (κ1) is 18.5. The smallest absolute Gasteiger partial charge is 0.201 e. The molecule has 2 aromatic carbocycles. The van der Waals surface area contributed by atoms with E-state index in [0.717, 1.165) is 31.6 Å². The van der Waals surface area contributed by atoms with E-state index in [4.69, 9.17) is 16.2 Å². The maximum Gasteiger partial charge on any atom is 0.201 e. The summed E-state index contributed by atoms with van der Waals surface area (Å²) in [4.78, 5) is 0. The molecule has 1 aliphatic rings. The van der Waals surface area contributed by atoms with E-state index in [1.54, 1.807) is 18.2 Å². The quantitative estimate of drug-likeness (QED) is 0.643. The SMILES string of the molecule is CCCC1CCC(c2ccc(Oc3ccc(N)cc3N)c(F)c2F)CC1. The van der Waals surface area contributed by atoms with Crippen LogP contribution < -0.4 is 16.2 Å². The highest BCUT2D eigenvalue weighted by atomic mass is 19.2. The molecule has 3 nitrogen and oxygen atoms in total. The first-order valence-electron chi connectivity index (χ1n) is 9.30. The molecule has 0 aliphatic heterocycles. The molecule has 0 amide bonds. The minimum atomic E-state index is -0.964. The van der Waals surface area contributed by atoms with Gasteiger partial charge in [0.1, 0.15) is 0 Å². The summed E-state index contributed by atoms with van der Waals surface area (Å²) >= 11 is 0. The van der Waals surface area contributed by atoms with Gasteiger partial charge in [0, 0.05) is 5.69 Å². The first-order chi connectivity index (χ1) is 12.5. The highest BCUT2D eigenvalue weighted by Crippen LogP contribution is 2.40. The molecule has 3 rings (SSSR count). The molecule has 0 saturated heterocycles. The zero-order valence-electron chi connectivity index (χ0n) is 15.1. The monoisotopic (exact) mass is 360 g/mol. The van der Waals surface area contributed by atoms with Crippen molar-refractivity contribution in [1.82, 2.24) is 0 Å². The maximum absolute atomic E-state index is 14.7. The second-order valence-electron chi connectivity index (χ2n) is 7.19. The molecular formula is C21H26F2N2O. The minimum absolute atomic E-state index is 0.0771. The van der Waals surface area contributed by atoms with Crippen LogP contribution in [-0.4, -0.2) is 0 Å². The number of nitrogens with two attached hydrogens (primary N) is 2. The van der Waals surface area contributed by atoms with Gasteiger partial charge in [0.05, 0.1) is 5.69 Å². The summed E-state index contributed by atoms with van der Waals surface area (Å²) in [5.41, 5.74) is 12.7. The van der Waals surface area contributed by atoms with Gasteiger partial charge in [-0.2, -0.15) is 4.39 Å². The Morgan fingerprint density at radius 3 is 2.31 bits per heavy atom. The molecule has 0 unspecified atom stereocenters. The van der Waals surface area contributed by atoms with Gasteiger partial charge in [-0.25, -0.2) is 4.39 Å². The summed E-state index contributed by atoms with van der Waals surface area (Å²) in [6.07, 6.45) is 6.38. The summed E-state index contributed by atoms with van der Waals surface area (Å²) < 4.78 is 34.7. The fraction of sp³-hybridized carbons (Fsp3) is 0.429. The summed E-state index contributed by atoms with van der Waals surface area (Å²) in [5.74, 6) is -0.883. The van der Waals surface area contributed by atoms with Crippen LogP contribution in [0.5, 0.6) is 11.5 Å². The van der Waals surface area contributed by atoms with Crippen LogP contribution in [0.2, 0.25) is 0 Å². The van der Waals surface area contributed by atoms with Crippen molar-refractivity contribution >= 4 is 11.4 Å². The van der Waals surface area contributed by atoms with Crippen LogP contribution in [0.3, 0.4) is 0 Å². The Kier molecular flexibility index (Phi) is 5.64. The van der Waals surface area contributed by atoms with Crippen molar-refractivity contribution in [2.75, 3.05) is 11.5 Å². The lowest BCUT2D eigenvalue weighted by atomic mass is 9.77.